The molecule has 0 saturated heterocycles. The minimum atomic E-state index is 0.527. The summed E-state index contributed by atoms with van der Waals surface area (Å²) in [5.41, 5.74) is 2.09. The zero-order chi connectivity index (χ0) is 18.8. The Morgan fingerprint density at radius 1 is 0.889 bits per heavy atom. The molecule has 0 saturated carbocycles. The van der Waals surface area contributed by atoms with E-state index in [2.05, 4.69) is 6.07 Å². The number of fused-ring (bicyclic) bond motifs is 1. The molecular weight excluding hydrogens is 377 g/mol. The van der Waals surface area contributed by atoms with Gasteiger partial charge in [-0.1, -0.05) is 59.6 Å². The summed E-state index contributed by atoms with van der Waals surface area (Å²) in [5.74, 6) is 1.18. The Morgan fingerprint density at radius 2 is 1.70 bits per heavy atom. The summed E-state index contributed by atoms with van der Waals surface area (Å²) in [6, 6.07) is 25.1. The maximum Gasteiger partial charge on any atom is 0.136 e. The monoisotopic (exact) mass is 389 g/mol. The van der Waals surface area contributed by atoms with E-state index in [0.717, 1.165) is 16.3 Å². The number of benzene rings is 3. The zero-order valence-corrected chi connectivity index (χ0v) is 15.6. The van der Waals surface area contributed by atoms with E-state index >= 15 is 0 Å². The van der Waals surface area contributed by atoms with Crippen LogP contribution in [0.15, 0.2) is 77.2 Å². The maximum absolute atomic E-state index is 9.62. The van der Waals surface area contributed by atoms with E-state index < -0.39 is 0 Å². The van der Waals surface area contributed by atoms with Crippen LogP contribution in [0.5, 0.6) is 0 Å². The first-order chi connectivity index (χ1) is 13.1. The molecule has 27 heavy (non-hydrogen) atoms. The first-order valence-corrected chi connectivity index (χ1v) is 9.06. The van der Waals surface area contributed by atoms with Crippen LogP contribution in [0.2, 0.25) is 10.0 Å². The van der Waals surface area contributed by atoms with Crippen LogP contribution < -0.4 is 0 Å². The highest BCUT2D eigenvalue weighted by Gasteiger charge is 2.10. The van der Waals surface area contributed by atoms with E-state index in [1.54, 1.807) is 24.3 Å². The standard InChI is InChI=1S/C23H13Cl2NO/c24-19-7-9-22(25)21(13-19)23-10-8-20(27-23)12-18(14-26)17-6-5-15-3-1-2-4-16(15)11-17/h1-13H/b18-12-. The number of hydrogen-bond donors (Lipinski definition) is 0. The normalized spacial score (nSPS) is 11.5. The average molecular weight is 390 g/mol. The lowest BCUT2D eigenvalue weighted by Gasteiger charge is -2.03. The quantitative estimate of drug-likeness (QED) is 0.340. The van der Waals surface area contributed by atoms with Crippen molar-refractivity contribution >= 4 is 45.6 Å². The van der Waals surface area contributed by atoms with Crippen LogP contribution in [0.25, 0.3) is 33.7 Å². The smallest absolute Gasteiger partial charge is 0.136 e. The summed E-state index contributed by atoms with van der Waals surface area (Å²) >= 11 is 12.3. The number of nitriles is 1. The first-order valence-electron chi connectivity index (χ1n) is 8.30. The molecule has 0 aliphatic carbocycles. The van der Waals surface area contributed by atoms with Gasteiger partial charge in [0.15, 0.2) is 0 Å². The fourth-order valence-corrected chi connectivity index (χ4v) is 3.32. The minimum Gasteiger partial charge on any atom is -0.457 e. The van der Waals surface area contributed by atoms with E-state index in [9.17, 15) is 5.26 Å². The number of rotatable bonds is 3. The SMILES string of the molecule is N#C/C(=C/c1ccc(-c2cc(Cl)ccc2Cl)o1)c1ccc2ccccc2c1. The molecule has 4 aromatic rings. The van der Waals surface area contributed by atoms with Crippen LogP contribution in [0.4, 0.5) is 0 Å². The summed E-state index contributed by atoms with van der Waals surface area (Å²) < 4.78 is 5.88. The van der Waals surface area contributed by atoms with Gasteiger partial charge in [0.2, 0.25) is 0 Å². The van der Waals surface area contributed by atoms with Crippen molar-refractivity contribution in [3.8, 4) is 17.4 Å². The van der Waals surface area contributed by atoms with Crippen molar-refractivity contribution in [1.29, 1.82) is 5.26 Å². The molecule has 0 atom stereocenters. The van der Waals surface area contributed by atoms with E-state index in [1.807, 2.05) is 54.6 Å². The van der Waals surface area contributed by atoms with Crippen molar-refractivity contribution in [3.05, 3.63) is 94.2 Å². The Hall–Kier alpha value is -2.99. The third-order valence-corrected chi connectivity index (χ3v) is 4.85. The molecule has 0 spiro atoms. The van der Waals surface area contributed by atoms with E-state index in [-0.39, 0.29) is 0 Å². The lowest BCUT2D eigenvalue weighted by atomic mass is 10.0. The van der Waals surface area contributed by atoms with Crippen LogP contribution in [-0.4, -0.2) is 0 Å². The predicted octanol–water partition coefficient (Wildman–Crippen LogP) is 7.47. The van der Waals surface area contributed by atoms with Gasteiger partial charge in [-0.25, -0.2) is 0 Å². The zero-order valence-electron chi connectivity index (χ0n) is 14.1. The Kier molecular flexibility index (Phi) is 4.73. The van der Waals surface area contributed by atoms with Gasteiger partial charge < -0.3 is 4.42 Å². The summed E-state index contributed by atoms with van der Waals surface area (Å²) in [7, 11) is 0. The number of hydrogen-bond acceptors (Lipinski definition) is 2. The lowest BCUT2D eigenvalue weighted by molar-refractivity contribution is 0.572. The highest BCUT2D eigenvalue weighted by Crippen LogP contribution is 2.33. The summed E-state index contributed by atoms with van der Waals surface area (Å²) in [6.45, 7) is 0. The van der Waals surface area contributed by atoms with Crippen LogP contribution in [0, 0.1) is 11.3 Å². The van der Waals surface area contributed by atoms with Crippen molar-refractivity contribution < 1.29 is 4.42 Å². The van der Waals surface area contributed by atoms with Crippen molar-refractivity contribution in [1.82, 2.24) is 0 Å². The van der Waals surface area contributed by atoms with Crippen molar-refractivity contribution in [2.24, 2.45) is 0 Å². The second-order valence-electron chi connectivity index (χ2n) is 6.06. The molecule has 3 aromatic carbocycles. The Morgan fingerprint density at radius 3 is 2.52 bits per heavy atom. The summed E-state index contributed by atoms with van der Waals surface area (Å²) in [6.07, 6.45) is 1.73. The van der Waals surface area contributed by atoms with Gasteiger partial charge in [0.05, 0.1) is 16.7 Å². The molecule has 0 aliphatic heterocycles. The van der Waals surface area contributed by atoms with Gasteiger partial charge in [0, 0.05) is 10.6 Å². The molecule has 0 unspecified atom stereocenters. The minimum absolute atomic E-state index is 0.527. The molecule has 0 N–H and O–H groups in total. The highest BCUT2D eigenvalue weighted by molar-refractivity contribution is 6.35. The largest absolute Gasteiger partial charge is 0.457 e. The Balaban J connectivity index is 1.72. The molecule has 0 aliphatic rings. The van der Waals surface area contributed by atoms with Crippen LogP contribution in [0.3, 0.4) is 0 Å². The fraction of sp³-hybridized carbons (Fsp3) is 0. The van der Waals surface area contributed by atoms with E-state index in [0.29, 0.717) is 32.7 Å². The second kappa shape index (κ2) is 7.32. The van der Waals surface area contributed by atoms with Gasteiger partial charge in [0.1, 0.15) is 11.5 Å². The molecule has 4 rings (SSSR count). The molecule has 1 aromatic heterocycles. The third-order valence-electron chi connectivity index (χ3n) is 4.29. The number of furan rings is 1. The summed E-state index contributed by atoms with van der Waals surface area (Å²) in [5, 5.41) is 13.0. The third kappa shape index (κ3) is 3.61. The Bertz CT molecular complexity index is 1210. The van der Waals surface area contributed by atoms with Crippen LogP contribution in [-0.2, 0) is 0 Å². The Labute approximate surface area is 166 Å². The van der Waals surface area contributed by atoms with Gasteiger partial charge in [-0.15, -0.1) is 0 Å². The molecule has 0 radical (unpaired) electrons. The molecule has 2 nitrogen and oxygen atoms in total. The molecule has 130 valence electrons. The van der Waals surface area contributed by atoms with Crippen molar-refractivity contribution in [2.45, 2.75) is 0 Å². The number of allylic oxidation sites excluding steroid dienone is 1. The van der Waals surface area contributed by atoms with Crippen molar-refractivity contribution in [2.75, 3.05) is 0 Å². The molecule has 1 heterocycles. The number of nitrogens with zero attached hydrogens (tertiary/aromatic N) is 1. The van der Waals surface area contributed by atoms with Crippen molar-refractivity contribution in [3.63, 3.8) is 0 Å². The molecule has 0 amide bonds. The topological polar surface area (TPSA) is 36.9 Å². The van der Waals surface area contributed by atoms with Gasteiger partial charge in [-0.2, -0.15) is 5.26 Å². The number of halogens is 2. The first kappa shape index (κ1) is 17.4. The lowest BCUT2D eigenvalue weighted by Crippen LogP contribution is -1.82. The maximum atomic E-state index is 9.62. The predicted molar refractivity (Wildman–Crippen MR) is 112 cm³/mol. The van der Waals surface area contributed by atoms with Crippen LogP contribution in [0.1, 0.15) is 11.3 Å². The van der Waals surface area contributed by atoms with Gasteiger partial charge in [-0.05, 0) is 58.8 Å². The van der Waals surface area contributed by atoms with Crippen LogP contribution >= 0.6 is 23.2 Å². The molecular formula is C23H13Cl2NO. The molecule has 0 fully saturated rings. The second-order valence-corrected chi connectivity index (χ2v) is 6.90. The fourth-order valence-electron chi connectivity index (χ4n) is 2.94. The summed E-state index contributed by atoms with van der Waals surface area (Å²) in [4.78, 5) is 0. The van der Waals surface area contributed by atoms with Gasteiger partial charge >= 0.3 is 0 Å². The van der Waals surface area contributed by atoms with Gasteiger partial charge in [0.25, 0.3) is 0 Å². The highest BCUT2D eigenvalue weighted by atomic mass is 35.5. The average Bonchev–Trinajstić information content (AvgIpc) is 3.16. The molecule has 4 heteroatoms. The van der Waals surface area contributed by atoms with E-state index in [4.69, 9.17) is 27.6 Å². The van der Waals surface area contributed by atoms with Gasteiger partial charge in [-0.3, -0.25) is 0 Å². The van der Waals surface area contributed by atoms with E-state index in [1.165, 1.54) is 0 Å². The molecule has 0 bridgehead atoms.